The SMILES string of the molecule is Cc1noc(C)c1CNCCCc1c[nH]c2ccccc12. The van der Waals surface area contributed by atoms with Crippen LogP contribution in [0, 0.1) is 13.8 Å². The summed E-state index contributed by atoms with van der Waals surface area (Å²) < 4.78 is 5.17. The highest BCUT2D eigenvalue weighted by Gasteiger charge is 2.08. The van der Waals surface area contributed by atoms with Crippen LogP contribution in [-0.4, -0.2) is 16.7 Å². The van der Waals surface area contributed by atoms with Gasteiger partial charge in [0, 0.05) is 29.2 Å². The van der Waals surface area contributed by atoms with Gasteiger partial charge in [0.1, 0.15) is 5.76 Å². The van der Waals surface area contributed by atoms with Crippen molar-refractivity contribution in [3.8, 4) is 0 Å². The zero-order chi connectivity index (χ0) is 14.7. The minimum atomic E-state index is 0.828. The predicted octanol–water partition coefficient (Wildman–Crippen LogP) is 3.50. The van der Waals surface area contributed by atoms with Crippen molar-refractivity contribution in [2.45, 2.75) is 33.2 Å². The Morgan fingerprint density at radius 1 is 1.24 bits per heavy atom. The molecular weight excluding hydrogens is 262 g/mol. The Bertz CT molecular complexity index is 707. The maximum Gasteiger partial charge on any atom is 0.138 e. The lowest BCUT2D eigenvalue weighted by Crippen LogP contribution is -2.16. The van der Waals surface area contributed by atoms with Gasteiger partial charge in [-0.25, -0.2) is 0 Å². The molecule has 2 N–H and O–H groups in total. The molecule has 0 unspecified atom stereocenters. The molecule has 3 aromatic rings. The van der Waals surface area contributed by atoms with Gasteiger partial charge in [0.05, 0.1) is 5.69 Å². The van der Waals surface area contributed by atoms with Gasteiger partial charge in [-0.1, -0.05) is 23.4 Å². The second-order valence-corrected chi connectivity index (χ2v) is 5.44. The van der Waals surface area contributed by atoms with Gasteiger partial charge in [-0.3, -0.25) is 0 Å². The van der Waals surface area contributed by atoms with Crippen molar-refractivity contribution in [2.75, 3.05) is 6.54 Å². The minimum absolute atomic E-state index is 0.828. The van der Waals surface area contributed by atoms with E-state index in [2.05, 4.69) is 45.9 Å². The molecule has 0 spiro atoms. The Morgan fingerprint density at radius 3 is 2.90 bits per heavy atom. The van der Waals surface area contributed by atoms with Crippen LogP contribution >= 0.6 is 0 Å². The van der Waals surface area contributed by atoms with Crippen molar-refractivity contribution >= 4 is 10.9 Å². The van der Waals surface area contributed by atoms with Crippen molar-refractivity contribution in [2.24, 2.45) is 0 Å². The highest BCUT2D eigenvalue weighted by molar-refractivity contribution is 5.82. The first-order valence-electron chi connectivity index (χ1n) is 7.43. The molecule has 2 heterocycles. The summed E-state index contributed by atoms with van der Waals surface area (Å²) in [7, 11) is 0. The van der Waals surface area contributed by atoms with E-state index in [1.807, 2.05) is 13.8 Å². The molecule has 1 aromatic carbocycles. The fraction of sp³-hybridized carbons (Fsp3) is 0.353. The number of nitrogens with zero attached hydrogens (tertiary/aromatic N) is 1. The molecule has 2 aromatic heterocycles. The average molecular weight is 283 g/mol. The summed E-state index contributed by atoms with van der Waals surface area (Å²) in [6.45, 7) is 5.76. The van der Waals surface area contributed by atoms with E-state index < -0.39 is 0 Å². The third-order valence-electron chi connectivity index (χ3n) is 3.96. The van der Waals surface area contributed by atoms with Crippen LogP contribution in [0.4, 0.5) is 0 Å². The van der Waals surface area contributed by atoms with Gasteiger partial charge in [0.15, 0.2) is 0 Å². The largest absolute Gasteiger partial charge is 0.361 e. The Kier molecular flexibility index (Phi) is 4.06. The van der Waals surface area contributed by atoms with Crippen molar-refractivity contribution in [3.63, 3.8) is 0 Å². The molecule has 0 aliphatic carbocycles. The number of aromatic amines is 1. The first-order valence-corrected chi connectivity index (χ1v) is 7.43. The average Bonchev–Trinajstić information content (AvgIpc) is 3.04. The predicted molar refractivity (Wildman–Crippen MR) is 84.3 cm³/mol. The lowest BCUT2D eigenvalue weighted by atomic mass is 10.1. The third kappa shape index (κ3) is 3.00. The van der Waals surface area contributed by atoms with Crippen molar-refractivity contribution in [3.05, 3.63) is 53.0 Å². The molecule has 0 saturated carbocycles. The number of para-hydroxylation sites is 1. The number of hydrogen-bond donors (Lipinski definition) is 2. The summed E-state index contributed by atoms with van der Waals surface area (Å²) in [5, 5.41) is 8.78. The maximum absolute atomic E-state index is 5.17. The summed E-state index contributed by atoms with van der Waals surface area (Å²) >= 11 is 0. The zero-order valence-electron chi connectivity index (χ0n) is 12.6. The number of fused-ring (bicyclic) bond motifs is 1. The lowest BCUT2D eigenvalue weighted by molar-refractivity contribution is 0.392. The summed E-state index contributed by atoms with van der Waals surface area (Å²) in [6, 6.07) is 8.45. The van der Waals surface area contributed by atoms with Crippen molar-refractivity contribution < 1.29 is 4.52 Å². The smallest absolute Gasteiger partial charge is 0.138 e. The van der Waals surface area contributed by atoms with Crippen LogP contribution in [0.1, 0.15) is 29.0 Å². The van der Waals surface area contributed by atoms with E-state index in [-0.39, 0.29) is 0 Å². The maximum atomic E-state index is 5.17. The molecule has 0 radical (unpaired) electrons. The fourth-order valence-corrected chi connectivity index (χ4v) is 2.71. The Labute approximate surface area is 124 Å². The first kappa shape index (κ1) is 13.9. The standard InChI is InChI=1S/C17H21N3O/c1-12-16(13(2)21-20-12)11-18-9-5-6-14-10-19-17-8-4-3-7-15(14)17/h3-4,7-8,10,18-19H,5-6,9,11H2,1-2H3. The molecule has 21 heavy (non-hydrogen) atoms. The van der Waals surface area contributed by atoms with Crippen LogP contribution in [0.2, 0.25) is 0 Å². The number of benzene rings is 1. The van der Waals surface area contributed by atoms with Crippen LogP contribution in [0.15, 0.2) is 35.0 Å². The van der Waals surface area contributed by atoms with Crippen LogP contribution in [-0.2, 0) is 13.0 Å². The molecule has 0 bridgehead atoms. The van der Waals surface area contributed by atoms with Crippen LogP contribution in [0.5, 0.6) is 0 Å². The van der Waals surface area contributed by atoms with Crippen molar-refractivity contribution in [1.29, 1.82) is 0 Å². The van der Waals surface area contributed by atoms with E-state index in [0.29, 0.717) is 0 Å². The van der Waals surface area contributed by atoms with Gasteiger partial charge in [0.25, 0.3) is 0 Å². The van der Waals surface area contributed by atoms with E-state index in [9.17, 15) is 0 Å². The number of rotatable bonds is 6. The van der Waals surface area contributed by atoms with E-state index in [4.69, 9.17) is 4.52 Å². The molecule has 4 heteroatoms. The Balaban J connectivity index is 1.48. The second kappa shape index (κ2) is 6.14. The minimum Gasteiger partial charge on any atom is -0.361 e. The van der Waals surface area contributed by atoms with E-state index >= 15 is 0 Å². The fourth-order valence-electron chi connectivity index (χ4n) is 2.71. The second-order valence-electron chi connectivity index (χ2n) is 5.44. The number of aryl methyl sites for hydroxylation is 3. The molecule has 0 aliphatic heterocycles. The molecule has 0 saturated heterocycles. The highest BCUT2D eigenvalue weighted by Crippen LogP contribution is 2.18. The first-order chi connectivity index (χ1) is 10.3. The number of hydrogen-bond acceptors (Lipinski definition) is 3. The van der Waals surface area contributed by atoms with Gasteiger partial charge in [-0.05, 0) is 44.9 Å². The molecule has 110 valence electrons. The van der Waals surface area contributed by atoms with Gasteiger partial charge in [-0.2, -0.15) is 0 Å². The number of aromatic nitrogens is 2. The monoisotopic (exact) mass is 283 g/mol. The normalized spacial score (nSPS) is 11.3. The van der Waals surface area contributed by atoms with E-state index in [0.717, 1.165) is 37.4 Å². The quantitative estimate of drug-likeness (QED) is 0.681. The third-order valence-corrected chi connectivity index (χ3v) is 3.96. The Hall–Kier alpha value is -2.07. The molecule has 0 atom stereocenters. The summed E-state index contributed by atoms with van der Waals surface area (Å²) in [4.78, 5) is 3.33. The lowest BCUT2D eigenvalue weighted by Gasteiger charge is -2.04. The van der Waals surface area contributed by atoms with E-state index in [1.165, 1.54) is 22.0 Å². The van der Waals surface area contributed by atoms with Crippen LogP contribution < -0.4 is 5.32 Å². The van der Waals surface area contributed by atoms with Crippen LogP contribution in [0.3, 0.4) is 0 Å². The molecule has 0 fully saturated rings. The Morgan fingerprint density at radius 2 is 2.10 bits per heavy atom. The topological polar surface area (TPSA) is 53.9 Å². The summed E-state index contributed by atoms with van der Waals surface area (Å²) in [5.41, 5.74) is 4.78. The van der Waals surface area contributed by atoms with Gasteiger partial charge < -0.3 is 14.8 Å². The van der Waals surface area contributed by atoms with Crippen molar-refractivity contribution in [1.82, 2.24) is 15.5 Å². The van der Waals surface area contributed by atoms with Gasteiger partial charge in [0.2, 0.25) is 0 Å². The number of nitrogens with one attached hydrogen (secondary N) is 2. The summed E-state index contributed by atoms with van der Waals surface area (Å²) in [6.07, 6.45) is 4.32. The van der Waals surface area contributed by atoms with E-state index in [1.54, 1.807) is 0 Å². The van der Waals surface area contributed by atoms with Crippen LogP contribution in [0.25, 0.3) is 10.9 Å². The highest BCUT2D eigenvalue weighted by atomic mass is 16.5. The molecular formula is C17H21N3O. The van der Waals surface area contributed by atoms with Gasteiger partial charge in [-0.15, -0.1) is 0 Å². The number of H-pyrrole nitrogens is 1. The molecule has 0 aliphatic rings. The zero-order valence-corrected chi connectivity index (χ0v) is 12.6. The summed E-state index contributed by atoms with van der Waals surface area (Å²) in [5.74, 6) is 0.914. The molecule has 0 amide bonds. The molecule has 4 nitrogen and oxygen atoms in total. The molecule has 3 rings (SSSR count). The van der Waals surface area contributed by atoms with Gasteiger partial charge >= 0.3 is 0 Å².